The number of halogens is 1. The maximum atomic E-state index is 13.9. The highest BCUT2D eigenvalue weighted by molar-refractivity contribution is 5.74. The summed E-state index contributed by atoms with van der Waals surface area (Å²) in [7, 11) is 1.65. The molecule has 0 spiro atoms. The molecule has 4 nitrogen and oxygen atoms in total. The lowest BCUT2D eigenvalue weighted by Gasteiger charge is -2.04. The Labute approximate surface area is 112 Å². The van der Waals surface area contributed by atoms with Crippen molar-refractivity contribution in [3.8, 4) is 0 Å². The van der Waals surface area contributed by atoms with Crippen molar-refractivity contribution in [2.24, 2.45) is 0 Å². The first-order valence-corrected chi connectivity index (χ1v) is 6.40. The zero-order chi connectivity index (χ0) is 13.8. The summed E-state index contributed by atoms with van der Waals surface area (Å²) in [5, 5.41) is 3.17. The van der Waals surface area contributed by atoms with Gasteiger partial charge in [-0.2, -0.15) is 0 Å². The fourth-order valence-corrected chi connectivity index (χ4v) is 1.82. The Morgan fingerprint density at radius 1 is 1.42 bits per heavy atom. The summed E-state index contributed by atoms with van der Waals surface area (Å²) in [6.45, 7) is 5.88. The molecule has 2 rings (SSSR count). The minimum absolute atomic E-state index is 0.148. The highest BCUT2D eigenvalue weighted by atomic mass is 19.1. The maximum Gasteiger partial charge on any atom is 0.198 e. The molecule has 0 amide bonds. The minimum Gasteiger partial charge on any atom is -0.437 e. The Morgan fingerprint density at radius 2 is 2.21 bits per heavy atom. The van der Waals surface area contributed by atoms with Crippen LogP contribution in [-0.4, -0.2) is 25.2 Å². The van der Waals surface area contributed by atoms with Gasteiger partial charge in [-0.15, -0.1) is 0 Å². The second-order valence-corrected chi connectivity index (χ2v) is 4.80. The van der Waals surface area contributed by atoms with Gasteiger partial charge in [0.25, 0.3) is 0 Å². The third-order valence-electron chi connectivity index (χ3n) is 2.83. The molecule has 1 N–H and O–H groups in total. The van der Waals surface area contributed by atoms with Crippen LogP contribution in [0.1, 0.15) is 31.2 Å². The number of aromatic nitrogens is 1. The average molecular weight is 266 g/mol. The zero-order valence-corrected chi connectivity index (χ0v) is 11.5. The van der Waals surface area contributed by atoms with Crippen molar-refractivity contribution in [1.82, 2.24) is 10.3 Å². The number of hydrogen-bond acceptors (Lipinski definition) is 4. The van der Waals surface area contributed by atoms with Crippen LogP contribution < -0.4 is 5.32 Å². The summed E-state index contributed by atoms with van der Waals surface area (Å²) < 4.78 is 24.3. The van der Waals surface area contributed by atoms with Crippen molar-refractivity contribution >= 4 is 11.1 Å². The maximum absolute atomic E-state index is 13.9. The molecule has 0 saturated carbocycles. The van der Waals surface area contributed by atoms with E-state index in [9.17, 15) is 4.39 Å². The summed E-state index contributed by atoms with van der Waals surface area (Å²) >= 11 is 0. The van der Waals surface area contributed by atoms with Gasteiger partial charge in [0.2, 0.25) is 0 Å². The van der Waals surface area contributed by atoms with E-state index in [4.69, 9.17) is 9.15 Å². The number of oxazole rings is 1. The van der Waals surface area contributed by atoms with Gasteiger partial charge in [-0.05, 0) is 17.7 Å². The molecule has 1 aromatic carbocycles. The molecule has 2 aromatic rings. The van der Waals surface area contributed by atoms with Gasteiger partial charge < -0.3 is 14.5 Å². The molecule has 0 aliphatic heterocycles. The van der Waals surface area contributed by atoms with Gasteiger partial charge in [0.15, 0.2) is 17.3 Å². The van der Waals surface area contributed by atoms with Crippen LogP contribution in [-0.2, 0) is 11.3 Å². The number of nitrogens with zero attached hydrogens (tertiary/aromatic N) is 1. The van der Waals surface area contributed by atoms with Crippen LogP contribution in [0.5, 0.6) is 0 Å². The fraction of sp³-hybridized carbons (Fsp3) is 0.500. The third-order valence-corrected chi connectivity index (χ3v) is 2.83. The second kappa shape index (κ2) is 6.12. The topological polar surface area (TPSA) is 47.3 Å². The molecule has 0 bridgehead atoms. The molecule has 0 saturated heterocycles. The lowest BCUT2D eigenvalue weighted by molar-refractivity contribution is 0.199. The summed E-state index contributed by atoms with van der Waals surface area (Å²) in [4.78, 5) is 4.32. The van der Waals surface area contributed by atoms with Crippen LogP contribution in [0, 0.1) is 5.82 Å². The zero-order valence-electron chi connectivity index (χ0n) is 11.5. The molecule has 0 aliphatic carbocycles. The Hall–Kier alpha value is -1.46. The lowest BCUT2D eigenvalue weighted by Crippen LogP contribution is -2.18. The molecule has 0 unspecified atom stereocenters. The third kappa shape index (κ3) is 3.30. The van der Waals surface area contributed by atoms with Crippen LogP contribution in [0.2, 0.25) is 0 Å². The van der Waals surface area contributed by atoms with Crippen molar-refractivity contribution in [1.29, 1.82) is 0 Å². The molecule has 19 heavy (non-hydrogen) atoms. The van der Waals surface area contributed by atoms with Crippen LogP contribution in [0.15, 0.2) is 16.5 Å². The quantitative estimate of drug-likeness (QED) is 0.817. The molecule has 1 aromatic heterocycles. The van der Waals surface area contributed by atoms with E-state index in [1.807, 2.05) is 19.9 Å². The van der Waals surface area contributed by atoms with Crippen molar-refractivity contribution in [2.75, 3.05) is 20.3 Å². The number of methoxy groups -OCH3 is 1. The van der Waals surface area contributed by atoms with Gasteiger partial charge in [0, 0.05) is 26.1 Å². The van der Waals surface area contributed by atoms with Crippen molar-refractivity contribution in [3.63, 3.8) is 0 Å². The van der Waals surface area contributed by atoms with E-state index in [1.165, 1.54) is 6.07 Å². The molecular weight excluding hydrogens is 247 g/mol. The van der Waals surface area contributed by atoms with E-state index < -0.39 is 0 Å². The SMILES string of the molecule is COCCNCc1cc(F)c2oc(C(C)C)nc2c1. The van der Waals surface area contributed by atoms with E-state index in [2.05, 4.69) is 10.3 Å². The minimum atomic E-state index is -0.361. The van der Waals surface area contributed by atoms with Gasteiger partial charge in [0.1, 0.15) is 5.52 Å². The highest BCUT2D eigenvalue weighted by Gasteiger charge is 2.13. The van der Waals surface area contributed by atoms with Crippen LogP contribution >= 0.6 is 0 Å². The standard InChI is InChI=1S/C14H19FN2O2/c1-9(2)14-17-12-7-10(8-16-4-5-18-3)6-11(15)13(12)19-14/h6-7,9,16H,4-5,8H2,1-3H3. The van der Waals surface area contributed by atoms with Gasteiger partial charge in [-0.3, -0.25) is 0 Å². The molecule has 5 heteroatoms. The average Bonchev–Trinajstić information content (AvgIpc) is 2.79. The lowest BCUT2D eigenvalue weighted by atomic mass is 10.2. The first-order valence-electron chi connectivity index (χ1n) is 6.40. The summed E-state index contributed by atoms with van der Waals surface area (Å²) in [5.74, 6) is 0.355. The molecule has 0 atom stereocenters. The van der Waals surface area contributed by atoms with Gasteiger partial charge in [0.05, 0.1) is 6.61 Å². The Morgan fingerprint density at radius 3 is 2.89 bits per heavy atom. The predicted molar refractivity (Wildman–Crippen MR) is 71.6 cm³/mol. The Kier molecular flexibility index (Phi) is 4.50. The van der Waals surface area contributed by atoms with E-state index in [1.54, 1.807) is 7.11 Å². The van der Waals surface area contributed by atoms with Crippen LogP contribution in [0.25, 0.3) is 11.1 Å². The number of hydrogen-bond donors (Lipinski definition) is 1. The Balaban J connectivity index is 2.18. The van der Waals surface area contributed by atoms with Gasteiger partial charge in [-0.25, -0.2) is 9.37 Å². The van der Waals surface area contributed by atoms with Gasteiger partial charge in [-0.1, -0.05) is 13.8 Å². The number of fused-ring (bicyclic) bond motifs is 1. The predicted octanol–water partition coefficient (Wildman–Crippen LogP) is 2.83. The van der Waals surface area contributed by atoms with Gasteiger partial charge >= 0.3 is 0 Å². The molecule has 0 aliphatic rings. The molecule has 1 heterocycles. The van der Waals surface area contributed by atoms with Crippen molar-refractivity contribution < 1.29 is 13.5 Å². The summed E-state index contributed by atoms with van der Waals surface area (Å²) in [5.41, 5.74) is 1.67. The van der Waals surface area contributed by atoms with E-state index in [-0.39, 0.29) is 17.3 Å². The number of nitrogens with one attached hydrogen (secondary N) is 1. The normalized spacial score (nSPS) is 11.6. The highest BCUT2D eigenvalue weighted by Crippen LogP contribution is 2.24. The van der Waals surface area contributed by atoms with Crippen LogP contribution in [0.3, 0.4) is 0 Å². The summed E-state index contributed by atoms with van der Waals surface area (Å²) in [6, 6.07) is 3.34. The van der Waals surface area contributed by atoms with E-state index in [0.29, 0.717) is 24.6 Å². The molecule has 104 valence electrons. The van der Waals surface area contributed by atoms with Crippen LogP contribution in [0.4, 0.5) is 4.39 Å². The first-order chi connectivity index (χ1) is 9.11. The smallest absolute Gasteiger partial charge is 0.198 e. The number of benzene rings is 1. The van der Waals surface area contributed by atoms with Crippen molar-refractivity contribution in [2.45, 2.75) is 26.3 Å². The van der Waals surface area contributed by atoms with Crippen molar-refractivity contribution in [3.05, 3.63) is 29.4 Å². The fourth-order valence-electron chi connectivity index (χ4n) is 1.82. The Bertz CT molecular complexity index is 552. The van der Waals surface area contributed by atoms with E-state index in [0.717, 1.165) is 12.1 Å². The largest absolute Gasteiger partial charge is 0.437 e. The number of rotatable bonds is 6. The molecule has 0 radical (unpaired) electrons. The summed E-state index contributed by atoms with van der Waals surface area (Å²) in [6.07, 6.45) is 0. The second-order valence-electron chi connectivity index (χ2n) is 4.80. The monoisotopic (exact) mass is 266 g/mol. The molecule has 0 fully saturated rings. The molecular formula is C14H19FN2O2. The van der Waals surface area contributed by atoms with E-state index >= 15 is 0 Å². The first kappa shape index (κ1) is 14.0. The number of ether oxygens (including phenoxy) is 1.